The van der Waals surface area contributed by atoms with Crippen molar-refractivity contribution in [2.45, 2.75) is 32.4 Å². The summed E-state index contributed by atoms with van der Waals surface area (Å²) in [5, 5.41) is 3.42. The number of rotatable bonds is 5. The van der Waals surface area contributed by atoms with Crippen LogP contribution in [0.2, 0.25) is 0 Å². The summed E-state index contributed by atoms with van der Waals surface area (Å²) in [7, 11) is 0. The fourth-order valence-corrected chi connectivity index (χ4v) is 2.11. The van der Waals surface area contributed by atoms with E-state index >= 15 is 0 Å². The average molecular weight is 334 g/mol. The maximum atomic E-state index is 5.76. The molecule has 1 aliphatic carbocycles. The minimum Gasteiger partial charge on any atom is -0.437 e. The van der Waals surface area contributed by atoms with Crippen LogP contribution >= 0.6 is 15.9 Å². The Balaban J connectivity index is 1.69. The highest BCUT2D eigenvalue weighted by molar-refractivity contribution is 9.10. The van der Waals surface area contributed by atoms with Gasteiger partial charge in [-0.15, -0.1) is 0 Å². The minimum absolute atomic E-state index is 0.529. The molecule has 0 aliphatic heterocycles. The van der Waals surface area contributed by atoms with Crippen molar-refractivity contribution in [3.05, 3.63) is 46.3 Å². The third kappa shape index (κ3) is 3.55. The van der Waals surface area contributed by atoms with E-state index in [-0.39, 0.29) is 0 Å². The smallest absolute Gasteiger partial charge is 0.238 e. The van der Waals surface area contributed by atoms with Crippen LogP contribution in [0.15, 0.2) is 35.1 Å². The van der Waals surface area contributed by atoms with Gasteiger partial charge in [0.15, 0.2) is 0 Å². The Morgan fingerprint density at radius 3 is 2.95 bits per heavy atom. The fraction of sp³-hybridized carbons (Fsp3) is 0.333. The largest absolute Gasteiger partial charge is 0.437 e. The summed E-state index contributed by atoms with van der Waals surface area (Å²) in [4.78, 5) is 8.64. The van der Waals surface area contributed by atoms with E-state index in [0.29, 0.717) is 11.9 Å². The van der Waals surface area contributed by atoms with Gasteiger partial charge in [0.05, 0.1) is 11.9 Å². The van der Waals surface area contributed by atoms with E-state index < -0.39 is 0 Å². The minimum atomic E-state index is 0.529. The Hall–Kier alpha value is -1.46. The molecule has 2 aromatic rings. The van der Waals surface area contributed by atoms with E-state index in [1.54, 1.807) is 12.4 Å². The number of benzene rings is 1. The van der Waals surface area contributed by atoms with Gasteiger partial charge in [-0.2, -0.15) is 0 Å². The Bertz CT molecular complexity index is 614. The fourth-order valence-electron chi connectivity index (χ4n) is 1.86. The van der Waals surface area contributed by atoms with Crippen molar-refractivity contribution in [3.8, 4) is 11.6 Å². The first-order chi connectivity index (χ1) is 9.70. The Morgan fingerprint density at radius 2 is 2.20 bits per heavy atom. The molecule has 1 aromatic heterocycles. The SMILES string of the molecule is Cc1cc(Oc2cncc(CNC3CC3)n2)ccc1Br. The monoisotopic (exact) mass is 333 g/mol. The van der Waals surface area contributed by atoms with Crippen molar-refractivity contribution in [2.75, 3.05) is 0 Å². The zero-order valence-corrected chi connectivity index (χ0v) is 12.9. The second kappa shape index (κ2) is 5.89. The van der Waals surface area contributed by atoms with Crippen molar-refractivity contribution >= 4 is 15.9 Å². The predicted molar refractivity (Wildman–Crippen MR) is 80.8 cm³/mol. The summed E-state index contributed by atoms with van der Waals surface area (Å²) in [6, 6.07) is 6.52. The molecule has 0 saturated heterocycles. The van der Waals surface area contributed by atoms with Crippen molar-refractivity contribution in [1.29, 1.82) is 0 Å². The number of halogens is 1. The standard InChI is InChI=1S/C15H16BrN3O/c1-10-6-13(4-5-14(10)16)20-15-9-17-7-12(19-15)8-18-11-2-3-11/h4-7,9,11,18H,2-3,8H2,1H3. The van der Waals surface area contributed by atoms with Crippen molar-refractivity contribution in [1.82, 2.24) is 15.3 Å². The van der Waals surface area contributed by atoms with Gasteiger partial charge in [-0.05, 0) is 43.5 Å². The predicted octanol–water partition coefficient (Wildman–Crippen LogP) is 3.59. The van der Waals surface area contributed by atoms with Crippen molar-refractivity contribution < 1.29 is 4.74 Å². The lowest BCUT2D eigenvalue weighted by molar-refractivity contribution is 0.455. The van der Waals surface area contributed by atoms with E-state index in [4.69, 9.17) is 4.74 Å². The van der Waals surface area contributed by atoms with Crippen LogP contribution in [-0.2, 0) is 6.54 Å². The molecular formula is C15H16BrN3O. The summed E-state index contributed by atoms with van der Waals surface area (Å²) < 4.78 is 6.82. The molecule has 104 valence electrons. The van der Waals surface area contributed by atoms with Gasteiger partial charge in [0.25, 0.3) is 0 Å². The van der Waals surface area contributed by atoms with Crippen LogP contribution in [0.5, 0.6) is 11.6 Å². The molecule has 20 heavy (non-hydrogen) atoms. The van der Waals surface area contributed by atoms with Crippen LogP contribution in [0.25, 0.3) is 0 Å². The zero-order valence-electron chi connectivity index (χ0n) is 11.3. The second-order valence-corrected chi connectivity index (χ2v) is 5.87. The third-order valence-corrected chi connectivity index (χ3v) is 4.05. The lowest BCUT2D eigenvalue weighted by Gasteiger charge is -2.08. The van der Waals surface area contributed by atoms with E-state index in [2.05, 4.69) is 31.2 Å². The molecule has 3 rings (SSSR count). The number of nitrogens with zero attached hydrogens (tertiary/aromatic N) is 2. The van der Waals surface area contributed by atoms with Crippen LogP contribution in [0, 0.1) is 6.92 Å². The lowest BCUT2D eigenvalue weighted by Crippen LogP contribution is -2.16. The van der Waals surface area contributed by atoms with E-state index in [9.17, 15) is 0 Å². The van der Waals surface area contributed by atoms with Gasteiger partial charge in [0.1, 0.15) is 5.75 Å². The van der Waals surface area contributed by atoms with Crippen LogP contribution < -0.4 is 10.1 Å². The number of hydrogen-bond acceptors (Lipinski definition) is 4. The molecule has 0 bridgehead atoms. The molecule has 5 heteroatoms. The van der Waals surface area contributed by atoms with Crippen LogP contribution in [0.3, 0.4) is 0 Å². The summed E-state index contributed by atoms with van der Waals surface area (Å²) >= 11 is 3.47. The average Bonchev–Trinajstić information content (AvgIpc) is 3.25. The lowest BCUT2D eigenvalue weighted by atomic mass is 10.2. The van der Waals surface area contributed by atoms with Crippen LogP contribution in [0.4, 0.5) is 0 Å². The van der Waals surface area contributed by atoms with Gasteiger partial charge >= 0.3 is 0 Å². The first kappa shape index (κ1) is 13.5. The number of aromatic nitrogens is 2. The van der Waals surface area contributed by atoms with Gasteiger partial charge in [0, 0.05) is 23.3 Å². The quantitative estimate of drug-likeness (QED) is 0.908. The molecule has 0 spiro atoms. The van der Waals surface area contributed by atoms with E-state index in [1.165, 1.54) is 12.8 Å². The van der Waals surface area contributed by atoms with Gasteiger partial charge in [0.2, 0.25) is 5.88 Å². The number of nitrogens with one attached hydrogen (secondary N) is 1. The Morgan fingerprint density at radius 1 is 1.35 bits per heavy atom. The molecule has 1 N–H and O–H groups in total. The highest BCUT2D eigenvalue weighted by Crippen LogP contribution is 2.25. The first-order valence-corrected chi connectivity index (χ1v) is 7.48. The Labute approximate surface area is 126 Å². The number of hydrogen-bond donors (Lipinski definition) is 1. The molecule has 1 aromatic carbocycles. The van der Waals surface area contributed by atoms with Gasteiger partial charge in [-0.1, -0.05) is 15.9 Å². The van der Waals surface area contributed by atoms with Crippen LogP contribution in [-0.4, -0.2) is 16.0 Å². The van der Waals surface area contributed by atoms with Gasteiger partial charge < -0.3 is 10.1 Å². The maximum absolute atomic E-state index is 5.76. The van der Waals surface area contributed by atoms with Crippen molar-refractivity contribution in [3.63, 3.8) is 0 Å². The summed E-state index contributed by atoms with van der Waals surface area (Å²) in [6.45, 7) is 2.77. The normalized spacial score (nSPS) is 14.3. The third-order valence-electron chi connectivity index (χ3n) is 3.16. The number of aryl methyl sites for hydroxylation is 1. The van der Waals surface area contributed by atoms with E-state index in [1.807, 2.05) is 25.1 Å². The van der Waals surface area contributed by atoms with Gasteiger partial charge in [-0.3, -0.25) is 4.98 Å². The Kier molecular flexibility index (Phi) is 3.98. The molecule has 0 atom stereocenters. The summed E-state index contributed by atoms with van der Waals surface area (Å²) in [5.74, 6) is 1.30. The molecule has 1 saturated carbocycles. The maximum Gasteiger partial charge on any atom is 0.238 e. The topological polar surface area (TPSA) is 47.0 Å². The molecule has 1 aliphatic rings. The van der Waals surface area contributed by atoms with Crippen molar-refractivity contribution in [2.24, 2.45) is 0 Å². The summed E-state index contributed by atoms with van der Waals surface area (Å²) in [5.41, 5.74) is 2.03. The molecule has 0 unspecified atom stereocenters. The van der Waals surface area contributed by atoms with E-state index in [0.717, 1.165) is 28.0 Å². The molecular weight excluding hydrogens is 318 g/mol. The molecule has 0 radical (unpaired) electrons. The highest BCUT2D eigenvalue weighted by Gasteiger charge is 2.20. The molecule has 4 nitrogen and oxygen atoms in total. The molecule has 0 amide bonds. The molecule has 1 fully saturated rings. The molecule has 1 heterocycles. The summed E-state index contributed by atoms with van der Waals surface area (Å²) in [6.07, 6.45) is 5.94. The first-order valence-electron chi connectivity index (χ1n) is 6.69. The second-order valence-electron chi connectivity index (χ2n) is 5.02. The highest BCUT2D eigenvalue weighted by atomic mass is 79.9. The number of ether oxygens (including phenoxy) is 1. The zero-order chi connectivity index (χ0) is 13.9. The van der Waals surface area contributed by atoms with Crippen LogP contribution in [0.1, 0.15) is 24.1 Å². The van der Waals surface area contributed by atoms with Gasteiger partial charge in [-0.25, -0.2) is 4.98 Å².